The number of fused-ring (bicyclic) bond motifs is 1. The number of aliphatic imine (C=N–C) groups is 1. The van der Waals surface area contributed by atoms with Gasteiger partial charge in [-0.25, -0.2) is 5.01 Å². The number of halogens is 1. The molecule has 0 saturated heterocycles. The van der Waals surface area contributed by atoms with Crippen LogP contribution in [0.1, 0.15) is 11.1 Å². The highest BCUT2D eigenvalue weighted by Gasteiger charge is 2.26. The third kappa shape index (κ3) is 2.34. The van der Waals surface area contributed by atoms with E-state index >= 15 is 0 Å². The van der Waals surface area contributed by atoms with E-state index in [9.17, 15) is 0 Å². The Morgan fingerprint density at radius 2 is 1.68 bits per heavy atom. The Kier molecular flexibility index (Phi) is 3.28. The summed E-state index contributed by atoms with van der Waals surface area (Å²) >= 11 is 6.00. The molecule has 0 N–H and O–H groups in total. The Morgan fingerprint density at radius 3 is 2.45 bits per heavy atom. The Bertz CT molecular complexity index is 789. The second-order valence-electron chi connectivity index (χ2n) is 5.24. The third-order valence-electron chi connectivity index (χ3n) is 3.79. The standard InChI is InChI=1S/C18H14ClN3/c19-15-8-6-13(7-9-15)16-12-17(14-4-2-1-3-5-14)21-22-11-10-20-18(16)22/h1-9,12H,10-11H2. The van der Waals surface area contributed by atoms with Gasteiger partial charge >= 0.3 is 0 Å². The van der Waals surface area contributed by atoms with E-state index in [1.165, 1.54) is 0 Å². The lowest BCUT2D eigenvalue weighted by molar-refractivity contribution is 0.491. The summed E-state index contributed by atoms with van der Waals surface area (Å²) < 4.78 is 0. The summed E-state index contributed by atoms with van der Waals surface area (Å²) in [7, 11) is 0. The van der Waals surface area contributed by atoms with E-state index in [1.54, 1.807) is 0 Å². The van der Waals surface area contributed by atoms with Gasteiger partial charge in [-0.05, 0) is 23.8 Å². The summed E-state index contributed by atoms with van der Waals surface area (Å²) in [4.78, 5) is 4.60. The van der Waals surface area contributed by atoms with E-state index in [-0.39, 0.29) is 0 Å². The lowest BCUT2D eigenvalue weighted by Gasteiger charge is -2.23. The molecule has 0 aliphatic carbocycles. The second kappa shape index (κ2) is 5.43. The first kappa shape index (κ1) is 13.3. The molecule has 0 spiro atoms. The van der Waals surface area contributed by atoms with Gasteiger partial charge in [-0.15, -0.1) is 0 Å². The van der Waals surface area contributed by atoms with Crippen molar-refractivity contribution >= 4 is 28.7 Å². The molecule has 2 aromatic rings. The van der Waals surface area contributed by atoms with Crippen LogP contribution in [0.25, 0.3) is 5.57 Å². The number of hydrogen-bond donors (Lipinski definition) is 0. The van der Waals surface area contributed by atoms with Crippen molar-refractivity contribution in [3.63, 3.8) is 0 Å². The van der Waals surface area contributed by atoms with Gasteiger partial charge < -0.3 is 0 Å². The monoisotopic (exact) mass is 307 g/mol. The normalized spacial score (nSPS) is 16.8. The van der Waals surface area contributed by atoms with E-state index in [0.717, 1.165) is 46.4 Å². The lowest BCUT2D eigenvalue weighted by Crippen LogP contribution is -2.28. The molecule has 2 aromatic carbocycles. The molecule has 0 bridgehead atoms. The predicted molar refractivity (Wildman–Crippen MR) is 91.4 cm³/mol. The van der Waals surface area contributed by atoms with E-state index in [2.05, 4.69) is 23.2 Å². The lowest BCUT2D eigenvalue weighted by atomic mass is 9.99. The average molecular weight is 308 g/mol. The van der Waals surface area contributed by atoms with Gasteiger partial charge in [0.05, 0.1) is 18.8 Å². The molecule has 0 unspecified atom stereocenters. The van der Waals surface area contributed by atoms with Gasteiger partial charge in [-0.2, -0.15) is 5.10 Å². The van der Waals surface area contributed by atoms with Crippen molar-refractivity contribution in [1.29, 1.82) is 0 Å². The minimum Gasteiger partial charge on any atom is -0.265 e. The maximum atomic E-state index is 6.00. The van der Waals surface area contributed by atoms with E-state index in [0.29, 0.717) is 0 Å². The van der Waals surface area contributed by atoms with Gasteiger partial charge in [0.2, 0.25) is 0 Å². The van der Waals surface area contributed by atoms with E-state index < -0.39 is 0 Å². The predicted octanol–water partition coefficient (Wildman–Crippen LogP) is 3.86. The zero-order valence-corrected chi connectivity index (χ0v) is 12.7. The summed E-state index contributed by atoms with van der Waals surface area (Å²) in [6, 6.07) is 18.1. The molecule has 0 radical (unpaired) electrons. The van der Waals surface area contributed by atoms with Crippen LogP contribution in [0, 0.1) is 0 Å². The number of nitrogens with zero attached hydrogens (tertiary/aromatic N) is 3. The summed E-state index contributed by atoms with van der Waals surface area (Å²) in [6.45, 7) is 1.61. The van der Waals surface area contributed by atoms with Crippen LogP contribution in [-0.2, 0) is 0 Å². The smallest absolute Gasteiger partial charge is 0.152 e. The maximum absolute atomic E-state index is 6.00. The Labute approximate surface area is 134 Å². The molecular formula is C18H14ClN3. The van der Waals surface area contributed by atoms with E-state index in [1.807, 2.05) is 47.5 Å². The van der Waals surface area contributed by atoms with Crippen LogP contribution in [0.3, 0.4) is 0 Å². The van der Waals surface area contributed by atoms with Crippen molar-refractivity contribution in [1.82, 2.24) is 5.01 Å². The SMILES string of the molecule is Clc1ccc(C2=CC(c3ccccc3)=NN3CCN=C23)cc1. The molecule has 0 amide bonds. The number of rotatable bonds is 2. The first-order valence-electron chi connectivity index (χ1n) is 7.25. The Morgan fingerprint density at radius 1 is 0.909 bits per heavy atom. The van der Waals surface area contributed by atoms with Crippen molar-refractivity contribution in [3.05, 3.63) is 76.8 Å². The molecule has 108 valence electrons. The summed E-state index contributed by atoms with van der Waals surface area (Å²) in [5.41, 5.74) is 4.28. The number of amidine groups is 1. The third-order valence-corrected chi connectivity index (χ3v) is 4.05. The first-order chi connectivity index (χ1) is 10.8. The van der Waals surface area contributed by atoms with Gasteiger partial charge in [-0.1, -0.05) is 54.1 Å². The molecule has 3 nitrogen and oxygen atoms in total. The van der Waals surface area contributed by atoms with Crippen molar-refractivity contribution in [3.8, 4) is 0 Å². The minimum atomic E-state index is 0.738. The minimum absolute atomic E-state index is 0.738. The molecule has 22 heavy (non-hydrogen) atoms. The summed E-state index contributed by atoms with van der Waals surface area (Å²) in [5.74, 6) is 0.946. The molecule has 0 saturated carbocycles. The highest BCUT2D eigenvalue weighted by molar-refractivity contribution is 6.32. The zero-order chi connectivity index (χ0) is 14.9. The molecular weight excluding hydrogens is 294 g/mol. The van der Waals surface area contributed by atoms with Crippen LogP contribution in [0.5, 0.6) is 0 Å². The molecule has 4 heteroatoms. The van der Waals surface area contributed by atoms with Crippen LogP contribution < -0.4 is 0 Å². The van der Waals surface area contributed by atoms with Crippen molar-refractivity contribution in [2.45, 2.75) is 0 Å². The Balaban J connectivity index is 1.82. The van der Waals surface area contributed by atoms with Crippen LogP contribution >= 0.6 is 11.6 Å². The largest absolute Gasteiger partial charge is 0.265 e. The summed E-state index contributed by atoms with van der Waals surface area (Å²) in [5, 5.41) is 7.45. The quantitative estimate of drug-likeness (QED) is 0.828. The molecule has 2 heterocycles. The molecule has 0 fully saturated rings. The number of hydrogen-bond acceptors (Lipinski definition) is 3. The molecule has 2 aliphatic rings. The maximum Gasteiger partial charge on any atom is 0.152 e. The molecule has 0 atom stereocenters. The number of allylic oxidation sites excluding steroid dienone is 1. The molecule has 0 aromatic heterocycles. The van der Waals surface area contributed by atoms with Gasteiger partial charge in [0.15, 0.2) is 5.84 Å². The summed E-state index contributed by atoms with van der Waals surface area (Å²) in [6.07, 6.45) is 2.11. The van der Waals surface area contributed by atoms with Gasteiger partial charge in [-0.3, -0.25) is 4.99 Å². The fourth-order valence-corrected chi connectivity index (χ4v) is 2.84. The van der Waals surface area contributed by atoms with Gasteiger partial charge in [0.25, 0.3) is 0 Å². The first-order valence-corrected chi connectivity index (χ1v) is 7.63. The number of hydrazone groups is 1. The van der Waals surface area contributed by atoms with Crippen molar-refractivity contribution < 1.29 is 0 Å². The topological polar surface area (TPSA) is 28.0 Å². The van der Waals surface area contributed by atoms with Gasteiger partial charge in [0.1, 0.15) is 0 Å². The molecule has 4 rings (SSSR count). The van der Waals surface area contributed by atoms with Crippen LogP contribution in [0.4, 0.5) is 0 Å². The zero-order valence-electron chi connectivity index (χ0n) is 11.9. The highest BCUT2D eigenvalue weighted by atomic mass is 35.5. The van der Waals surface area contributed by atoms with E-state index in [4.69, 9.17) is 16.7 Å². The number of benzene rings is 2. The highest BCUT2D eigenvalue weighted by Crippen LogP contribution is 2.27. The fraction of sp³-hybridized carbons (Fsp3) is 0.111. The fourth-order valence-electron chi connectivity index (χ4n) is 2.71. The van der Waals surface area contributed by atoms with Crippen molar-refractivity contribution in [2.24, 2.45) is 10.1 Å². The van der Waals surface area contributed by atoms with Crippen LogP contribution in [-0.4, -0.2) is 29.6 Å². The molecule has 2 aliphatic heterocycles. The Hall–Kier alpha value is -2.39. The average Bonchev–Trinajstić information content (AvgIpc) is 3.04. The second-order valence-corrected chi connectivity index (χ2v) is 5.68. The van der Waals surface area contributed by atoms with Crippen LogP contribution in [0.2, 0.25) is 5.02 Å². The van der Waals surface area contributed by atoms with Gasteiger partial charge in [0, 0.05) is 16.2 Å². The van der Waals surface area contributed by atoms with Crippen molar-refractivity contribution in [2.75, 3.05) is 13.1 Å². The van der Waals surface area contributed by atoms with Crippen LogP contribution in [0.15, 0.2) is 70.8 Å².